The second kappa shape index (κ2) is 9.99. The number of urea groups is 1. The summed E-state index contributed by atoms with van der Waals surface area (Å²) in [5.74, 6) is -2.93. The quantitative estimate of drug-likeness (QED) is 0.335. The number of carbonyl (C=O) groups excluding carboxylic acids is 1. The molecule has 0 aliphatic rings. The van der Waals surface area contributed by atoms with Crippen molar-refractivity contribution in [2.45, 2.75) is 19.5 Å². The second-order valence-corrected chi connectivity index (χ2v) is 7.78. The van der Waals surface area contributed by atoms with E-state index in [4.69, 9.17) is 0 Å². The summed E-state index contributed by atoms with van der Waals surface area (Å²) in [4.78, 5) is 21.1. The minimum absolute atomic E-state index is 0.186. The number of alkyl halides is 3. The number of fused-ring (bicyclic) bond motifs is 1. The molecule has 176 valence electrons. The monoisotopic (exact) mass is 464 g/mol. The number of aryl methyl sites for hydroxylation is 1. The van der Waals surface area contributed by atoms with Crippen molar-refractivity contribution in [2.24, 2.45) is 0 Å². The van der Waals surface area contributed by atoms with Crippen LogP contribution in [0.1, 0.15) is 17.7 Å². The minimum Gasteiger partial charge on any atom is -0.367 e. The zero-order chi connectivity index (χ0) is 24.2. The van der Waals surface area contributed by atoms with Crippen molar-refractivity contribution in [1.29, 1.82) is 0 Å². The van der Waals surface area contributed by atoms with Crippen LogP contribution in [0, 0.1) is 12.7 Å². The summed E-state index contributed by atoms with van der Waals surface area (Å²) in [5, 5.41) is 9.07. The Balaban J connectivity index is 1.77. The van der Waals surface area contributed by atoms with Gasteiger partial charge in [-0.3, -0.25) is 5.32 Å². The third-order valence-corrected chi connectivity index (χ3v) is 4.67. The van der Waals surface area contributed by atoms with Crippen LogP contribution in [0.15, 0.2) is 36.4 Å². The van der Waals surface area contributed by atoms with Crippen LogP contribution < -0.4 is 16.0 Å². The molecule has 7 nitrogen and oxygen atoms in total. The lowest BCUT2D eigenvalue weighted by molar-refractivity contribution is -0.143. The molecule has 0 saturated carbocycles. The fourth-order valence-electron chi connectivity index (χ4n) is 3.12. The topological polar surface area (TPSA) is 82.2 Å². The molecule has 3 N–H and O–H groups in total. The van der Waals surface area contributed by atoms with Crippen LogP contribution in [0.4, 0.5) is 39.8 Å². The fourth-order valence-corrected chi connectivity index (χ4v) is 3.12. The van der Waals surface area contributed by atoms with Gasteiger partial charge < -0.3 is 15.5 Å². The van der Waals surface area contributed by atoms with Crippen molar-refractivity contribution in [3.63, 3.8) is 0 Å². The molecule has 11 heteroatoms. The van der Waals surface area contributed by atoms with Crippen molar-refractivity contribution in [2.75, 3.05) is 43.1 Å². The average Bonchev–Trinajstić information content (AvgIpc) is 2.72. The normalized spacial score (nSPS) is 11.6. The van der Waals surface area contributed by atoms with Gasteiger partial charge in [-0.05, 0) is 56.9 Å². The van der Waals surface area contributed by atoms with Crippen molar-refractivity contribution in [1.82, 2.24) is 14.9 Å². The Bertz CT molecular complexity index is 1150. The van der Waals surface area contributed by atoms with Crippen LogP contribution in [0.3, 0.4) is 0 Å². The number of amides is 2. The van der Waals surface area contributed by atoms with Crippen molar-refractivity contribution in [3.05, 3.63) is 53.5 Å². The predicted octanol–water partition coefficient (Wildman–Crippen LogP) is 5.10. The molecule has 0 aliphatic carbocycles. The maximum atomic E-state index is 14.3. The lowest BCUT2D eigenvalue weighted by atomic mass is 10.1. The standard InChI is InChI=1S/C22H24F4N6O/c1-13-5-6-15-12-16(8-7-14(15)11-13)28-21(33)31-20-29-18(22(24,25)26)17(23)19(30-20)27-9-4-10-32(2)3/h5-8,11-12H,4,9-10H2,1-3H3,(H3,27,28,29,30,31,33). The highest BCUT2D eigenvalue weighted by molar-refractivity contribution is 6.00. The highest BCUT2D eigenvalue weighted by Gasteiger charge is 2.38. The molecule has 1 aromatic heterocycles. The van der Waals surface area contributed by atoms with Gasteiger partial charge in [-0.15, -0.1) is 0 Å². The summed E-state index contributed by atoms with van der Waals surface area (Å²) in [6.07, 6.45) is -4.51. The van der Waals surface area contributed by atoms with Gasteiger partial charge in [0.15, 0.2) is 17.3 Å². The van der Waals surface area contributed by atoms with Crippen LogP contribution in [-0.4, -0.2) is 48.1 Å². The van der Waals surface area contributed by atoms with E-state index in [1.807, 2.05) is 50.2 Å². The van der Waals surface area contributed by atoms with Gasteiger partial charge in [0.05, 0.1) is 0 Å². The molecule has 0 unspecified atom stereocenters. The highest BCUT2D eigenvalue weighted by Crippen LogP contribution is 2.33. The Labute approximate surface area is 188 Å². The molecule has 0 fully saturated rings. The summed E-state index contributed by atoms with van der Waals surface area (Å²) in [7, 11) is 3.68. The summed E-state index contributed by atoms with van der Waals surface area (Å²) >= 11 is 0. The number of rotatable bonds is 7. The summed E-state index contributed by atoms with van der Waals surface area (Å²) in [6, 6.07) is 10.1. The fraction of sp³-hybridized carbons (Fsp3) is 0.318. The maximum absolute atomic E-state index is 14.3. The van der Waals surface area contributed by atoms with Crippen LogP contribution in [-0.2, 0) is 6.18 Å². The molecule has 3 aromatic rings. The Kier molecular flexibility index (Phi) is 7.32. The van der Waals surface area contributed by atoms with Gasteiger partial charge in [0.2, 0.25) is 5.95 Å². The van der Waals surface area contributed by atoms with E-state index in [2.05, 4.69) is 25.9 Å². The molecule has 0 aliphatic heterocycles. The summed E-state index contributed by atoms with van der Waals surface area (Å²) in [6.45, 7) is 2.79. The molecular weight excluding hydrogens is 440 g/mol. The Hall–Kier alpha value is -3.47. The van der Waals surface area contributed by atoms with Crippen LogP contribution in [0.2, 0.25) is 0 Å². The summed E-state index contributed by atoms with van der Waals surface area (Å²) in [5.41, 5.74) is -0.256. The first kappa shape index (κ1) is 24.2. The third kappa shape index (κ3) is 6.51. The number of halogens is 4. The molecule has 0 saturated heterocycles. The molecule has 0 atom stereocenters. The minimum atomic E-state index is -5.06. The SMILES string of the molecule is Cc1ccc2cc(NC(=O)Nc3nc(NCCCN(C)C)c(F)c(C(F)(F)F)n3)ccc2c1. The molecule has 0 bridgehead atoms. The third-order valence-electron chi connectivity index (χ3n) is 4.67. The lowest BCUT2D eigenvalue weighted by Gasteiger charge is -2.15. The number of hydrogen-bond acceptors (Lipinski definition) is 5. The maximum Gasteiger partial charge on any atom is 0.436 e. The Morgan fingerprint density at radius 3 is 2.42 bits per heavy atom. The predicted molar refractivity (Wildman–Crippen MR) is 120 cm³/mol. The first-order chi connectivity index (χ1) is 15.5. The van der Waals surface area contributed by atoms with Gasteiger partial charge in [-0.25, -0.2) is 14.2 Å². The highest BCUT2D eigenvalue weighted by atomic mass is 19.4. The van der Waals surface area contributed by atoms with Crippen LogP contribution in [0.5, 0.6) is 0 Å². The number of carbonyl (C=O) groups is 1. The molecular formula is C22H24F4N6O. The average molecular weight is 464 g/mol. The number of nitrogens with zero attached hydrogens (tertiary/aromatic N) is 3. The number of anilines is 3. The van der Waals surface area contributed by atoms with E-state index in [-0.39, 0.29) is 6.54 Å². The largest absolute Gasteiger partial charge is 0.436 e. The van der Waals surface area contributed by atoms with E-state index in [1.54, 1.807) is 12.1 Å². The number of aromatic nitrogens is 2. The molecule has 2 amide bonds. The molecule has 1 heterocycles. The van der Waals surface area contributed by atoms with E-state index in [1.165, 1.54) is 0 Å². The molecule has 3 rings (SSSR count). The van der Waals surface area contributed by atoms with Gasteiger partial charge in [0, 0.05) is 12.2 Å². The molecule has 0 radical (unpaired) electrons. The van der Waals surface area contributed by atoms with E-state index in [0.29, 0.717) is 18.7 Å². The first-order valence-electron chi connectivity index (χ1n) is 10.1. The van der Waals surface area contributed by atoms with Crippen molar-refractivity contribution >= 4 is 34.3 Å². The van der Waals surface area contributed by atoms with Gasteiger partial charge in [-0.2, -0.15) is 18.2 Å². The molecule has 0 spiro atoms. The van der Waals surface area contributed by atoms with Gasteiger partial charge in [-0.1, -0.05) is 29.8 Å². The zero-order valence-corrected chi connectivity index (χ0v) is 18.3. The van der Waals surface area contributed by atoms with E-state index >= 15 is 0 Å². The van der Waals surface area contributed by atoms with Gasteiger partial charge >= 0.3 is 12.2 Å². The second-order valence-electron chi connectivity index (χ2n) is 7.78. The summed E-state index contributed by atoms with van der Waals surface area (Å²) < 4.78 is 54.2. The van der Waals surface area contributed by atoms with E-state index in [9.17, 15) is 22.4 Å². The Morgan fingerprint density at radius 2 is 1.73 bits per heavy atom. The van der Waals surface area contributed by atoms with Gasteiger partial charge in [0.1, 0.15) is 0 Å². The van der Waals surface area contributed by atoms with E-state index < -0.39 is 35.5 Å². The molecule has 2 aromatic carbocycles. The number of benzene rings is 2. The smallest absolute Gasteiger partial charge is 0.367 e. The van der Waals surface area contributed by atoms with Crippen molar-refractivity contribution < 1.29 is 22.4 Å². The van der Waals surface area contributed by atoms with E-state index in [0.717, 1.165) is 16.3 Å². The van der Waals surface area contributed by atoms with Crippen molar-refractivity contribution in [3.8, 4) is 0 Å². The zero-order valence-electron chi connectivity index (χ0n) is 18.3. The first-order valence-corrected chi connectivity index (χ1v) is 10.1. The lowest BCUT2D eigenvalue weighted by Crippen LogP contribution is -2.24. The van der Waals surface area contributed by atoms with Gasteiger partial charge in [0.25, 0.3) is 0 Å². The van der Waals surface area contributed by atoms with Crippen LogP contribution in [0.25, 0.3) is 10.8 Å². The number of nitrogens with one attached hydrogen (secondary N) is 3. The Morgan fingerprint density at radius 1 is 1.03 bits per heavy atom. The van der Waals surface area contributed by atoms with Crippen LogP contribution >= 0.6 is 0 Å². The number of hydrogen-bond donors (Lipinski definition) is 3. The molecule has 33 heavy (non-hydrogen) atoms.